The van der Waals surface area contributed by atoms with E-state index in [-0.39, 0.29) is 0 Å². The van der Waals surface area contributed by atoms with Crippen molar-refractivity contribution >= 4 is 38.5 Å². The highest BCUT2D eigenvalue weighted by Gasteiger charge is 2.20. The Bertz CT molecular complexity index is 1070. The van der Waals surface area contributed by atoms with Crippen LogP contribution in [0.2, 0.25) is 0 Å². The molecule has 1 aliphatic rings. The number of hydrogen-bond acceptors (Lipinski definition) is 7. The molecule has 1 saturated heterocycles. The zero-order valence-electron chi connectivity index (χ0n) is 15.6. The first-order valence-corrected chi connectivity index (χ1v) is 10.4. The van der Waals surface area contributed by atoms with E-state index >= 15 is 0 Å². The van der Waals surface area contributed by atoms with Crippen molar-refractivity contribution in [2.24, 2.45) is 0 Å². The maximum Gasteiger partial charge on any atom is 0.150 e. The molecular formula is C20H22N6OS. The summed E-state index contributed by atoms with van der Waals surface area (Å²) in [5.41, 5.74) is 1.76. The lowest BCUT2D eigenvalue weighted by Crippen LogP contribution is -2.47. The van der Waals surface area contributed by atoms with Gasteiger partial charge in [0.1, 0.15) is 23.5 Å². The van der Waals surface area contributed by atoms with E-state index in [4.69, 9.17) is 4.84 Å². The minimum atomic E-state index is 0.629. The second-order valence-corrected chi connectivity index (χ2v) is 7.77. The SMILES string of the molecule is c1ccc2c(c1)nnn2OCCCN1CCN(c2nsc3ccccc23)CC1. The zero-order chi connectivity index (χ0) is 18.8. The van der Waals surface area contributed by atoms with Crippen molar-refractivity contribution in [3.05, 3.63) is 48.5 Å². The van der Waals surface area contributed by atoms with Crippen LogP contribution < -0.4 is 9.74 Å². The number of hydrogen-bond donors (Lipinski definition) is 0. The third-order valence-electron chi connectivity index (χ3n) is 5.18. The van der Waals surface area contributed by atoms with Gasteiger partial charge in [-0.15, -0.1) is 5.10 Å². The summed E-state index contributed by atoms with van der Waals surface area (Å²) >= 11 is 1.59. The van der Waals surface area contributed by atoms with Crippen LogP contribution in [0.3, 0.4) is 0 Å². The van der Waals surface area contributed by atoms with Crippen molar-refractivity contribution in [3.63, 3.8) is 0 Å². The molecule has 8 heteroatoms. The average Bonchev–Trinajstić information content (AvgIpc) is 3.36. The Morgan fingerprint density at radius 3 is 2.71 bits per heavy atom. The lowest BCUT2D eigenvalue weighted by molar-refractivity contribution is 0.0785. The molecule has 0 unspecified atom stereocenters. The molecule has 0 spiro atoms. The summed E-state index contributed by atoms with van der Waals surface area (Å²) in [6.45, 7) is 5.80. The van der Waals surface area contributed by atoms with Crippen molar-refractivity contribution < 1.29 is 4.84 Å². The number of piperazine rings is 1. The van der Waals surface area contributed by atoms with Crippen LogP contribution in [0, 0.1) is 0 Å². The van der Waals surface area contributed by atoms with Gasteiger partial charge in [-0.25, -0.2) is 0 Å². The molecular weight excluding hydrogens is 372 g/mol. The van der Waals surface area contributed by atoms with Gasteiger partial charge in [-0.2, -0.15) is 4.37 Å². The maximum absolute atomic E-state index is 5.78. The molecule has 4 aromatic rings. The monoisotopic (exact) mass is 394 g/mol. The summed E-state index contributed by atoms with van der Waals surface area (Å²) in [4.78, 5) is 12.2. The van der Waals surface area contributed by atoms with Gasteiger partial charge in [-0.3, -0.25) is 4.90 Å². The molecule has 0 N–H and O–H groups in total. The number of rotatable bonds is 6. The molecule has 5 rings (SSSR count). The van der Waals surface area contributed by atoms with Gasteiger partial charge in [0.15, 0.2) is 0 Å². The minimum Gasteiger partial charge on any atom is -0.395 e. The molecule has 0 aliphatic carbocycles. The van der Waals surface area contributed by atoms with Gasteiger partial charge in [0.2, 0.25) is 0 Å². The van der Waals surface area contributed by atoms with E-state index < -0.39 is 0 Å². The highest BCUT2D eigenvalue weighted by molar-refractivity contribution is 7.13. The summed E-state index contributed by atoms with van der Waals surface area (Å²) in [6.07, 6.45) is 0.966. The van der Waals surface area contributed by atoms with Crippen molar-refractivity contribution in [1.82, 2.24) is 24.4 Å². The highest BCUT2D eigenvalue weighted by atomic mass is 32.1. The van der Waals surface area contributed by atoms with Crippen molar-refractivity contribution in [3.8, 4) is 0 Å². The predicted octanol–water partition coefficient (Wildman–Crippen LogP) is 2.68. The van der Waals surface area contributed by atoms with Crippen LogP contribution in [0.1, 0.15) is 6.42 Å². The van der Waals surface area contributed by atoms with Crippen molar-refractivity contribution in [1.29, 1.82) is 0 Å². The third-order valence-corrected chi connectivity index (χ3v) is 6.00. The molecule has 144 valence electrons. The third kappa shape index (κ3) is 3.41. The second kappa shape index (κ2) is 7.73. The molecule has 1 aliphatic heterocycles. The summed E-state index contributed by atoms with van der Waals surface area (Å²) in [6, 6.07) is 16.3. The summed E-state index contributed by atoms with van der Waals surface area (Å²) < 4.78 is 5.95. The van der Waals surface area contributed by atoms with Crippen LogP contribution in [0.4, 0.5) is 5.82 Å². The number of benzene rings is 2. The van der Waals surface area contributed by atoms with E-state index in [1.807, 2.05) is 24.3 Å². The van der Waals surface area contributed by atoms with Gasteiger partial charge in [-0.1, -0.05) is 29.1 Å². The Hall–Kier alpha value is -2.71. The second-order valence-electron chi connectivity index (χ2n) is 6.97. The van der Waals surface area contributed by atoms with Gasteiger partial charge in [0.25, 0.3) is 0 Å². The van der Waals surface area contributed by atoms with E-state index in [9.17, 15) is 0 Å². The van der Waals surface area contributed by atoms with Crippen LogP contribution in [0.15, 0.2) is 48.5 Å². The van der Waals surface area contributed by atoms with Crippen molar-refractivity contribution in [2.75, 3.05) is 44.2 Å². The van der Waals surface area contributed by atoms with Crippen LogP contribution in [0.5, 0.6) is 0 Å². The highest BCUT2D eigenvalue weighted by Crippen LogP contribution is 2.29. The molecule has 1 fully saturated rings. The molecule has 0 radical (unpaired) electrons. The van der Waals surface area contributed by atoms with Crippen LogP contribution >= 0.6 is 11.5 Å². The summed E-state index contributed by atoms with van der Waals surface area (Å²) in [5.74, 6) is 1.14. The smallest absolute Gasteiger partial charge is 0.150 e. The van der Waals surface area contributed by atoms with Gasteiger partial charge >= 0.3 is 0 Å². The van der Waals surface area contributed by atoms with E-state index in [2.05, 4.69) is 48.8 Å². The number of aromatic nitrogens is 4. The van der Waals surface area contributed by atoms with Gasteiger partial charge in [0.05, 0.1) is 4.70 Å². The normalized spacial score (nSPS) is 15.5. The van der Waals surface area contributed by atoms with Crippen LogP contribution in [-0.4, -0.2) is 63.8 Å². The molecule has 7 nitrogen and oxygen atoms in total. The average molecular weight is 395 g/mol. The van der Waals surface area contributed by atoms with Gasteiger partial charge in [0, 0.05) is 38.1 Å². The number of para-hydroxylation sites is 1. The zero-order valence-corrected chi connectivity index (χ0v) is 16.4. The maximum atomic E-state index is 5.78. The Morgan fingerprint density at radius 1 is 0.964 bits per heavy atom. The van der Waals surface area contributed by atoms with E-state index in [0.29, 0.717) is 6.61 Å². The quantitative estimate of drug-likeness (QED) is 0.469. The van der Waals surface area contributed by atoms with Crippen LogP contribution in [0.25, 0.3) is 21.1 Å². The lowest BCUT2D eigenvalue weighted by atomic mass is 10.2. The fourth-order valence-corrected chi connectivity index (χ4v) is 4.46. The van der Waals surface area contributed by atoms with Gasteiger partial charge < -0.3 is 9.74 Å². The molecule has 2 aromatic carbocycles. The number of fused-ring (bicyclic) bond motifs is 2. The molecule has 0 saturated carbocycles. The summed E-state index contributed by atoms with van der Waals surface area (Å²) in [5, 5.41) is 9.44. The molecule has 2 aromatic heterocycles. The lowest BCUT2D eigenvalue weighted by Gasteiger charge is -2.35. The topological polar surface area (TPSA) is 59.3 Å². The Labute approximate surface area is 167 Å². The standard InChI is InChI=1S/C20H22N6OS/c1-4-9-19-16(6-1)20(22-28-19)25-13-11-24(12-14-25)10-5-15-27-26-18-8-3-2-7-17(18)21-23-26/h1-4,6-9H,5,10-15H2. The largest absolute Gasteiger partial charge is 0.395 e. The first-order valence-electron chi connectivity index (χ1n) is 9.64. The van der Waals surface area contributed by atoms with E-state index in [0.717, 1.165) is 56.0 Å². The Morgan fingerprint density at radius 2 is 1.79 bits per heavy atom. The number of nitrogens with zero attached hydrogens (tertiary/aromatic N) is 6. The fourth-order valence-electron chi connectivity index (χ4n) is 3.67. The molecule has 28 heavy (non-hydrogen) atoms. The molecule has 0 atom stereocenters. The molecule has 0 amide bonds. The Balaban J connectivity index is 1.10. The number of anilines is 1. The predicted molar refractivity (Wildman–Crippen MR) is 112 cm³/mol. The Kier molecular flexibility index (Phi) is 4.80. The first kappa shape index (κ1) is 17.4. The molecule has 3 heterocycles. The minimum absolute atomic E-state index is 0.629. The van der Waals surface area contributed by atoms with Crippen molar-refractivity contribution in [2.45, 2.75) is 6.42 Å². The van der Waals surface area contributed by atoms with Gasteiger partial charge in [-0.05, 0) is 47.4 Å². The first-order chi connectivity index (χ1) is 13.9. The molecule has 0 bridgehead atoms. The summed E-state index contributed by atoms with van der Waals surface area (Å²) in [7, 11) is 0. The van der Waals surface area contributed by atoms with E-state index in [1.165, 1.54) is 14.9 Å². The van der Waals surface area contributed by atoms with E-state index in [1.54, 1.807) is 11.5 Å². The van der Waals surface area contributed by atoms with Crippen LogP contribution in [-0.2, 0) is 0 Å². The fraction of sp³-hybridized carbons (Fsp3) is 0.350.